The van der Waals surface area contributed by atoms with Gasteiger partial charge >= 0.3 is 0 Å². The first-order chi connectivity index (χ1) is 22.7. The van der Waals surface area contributed by atoms with Crippen molar-refractivity contribution >= 4 is 15.7 Å². The Balaban J connectivity index is 1.73. The van der Waals surface area contributed by atoms with Crippen LogP contribution in [0.25, 0.3) is 0 Å². The van der Waals surface area contributed by atoms with Crippen LogP contribution < -0.4 is 4.72 Å². The molecule has 0 amide bonds. The number of hydrogen-bond donors (Lipinski definition) is 1. The van der Waals surface area contributed by atoms with Gasteiger partial charge in [-0.1, -0.05) is 114 Å². The molecule has 1 saturated heterocycles. The Hall–Kier alpha value is -2.37. The van der Waals surface area contributed by atoms with Crippen LogP contribution in [0.5, 0.6) is 0 Å². The lowest BCUT2D eigenvalue weighted by Crippen LogP contribution is -2.56. The van der Waals surface area contributed by atoms with Crippen molar-refractivity contribution < 1.29 is 22.8 Å². The van der Waals surface area contributed by atoms with Crippen LogP contribution in [0.4, 0.5) is 5.69 Å². The van der Waals surface area contributed by atoms with Gasteiger partial charge in [0.15, 0.2) is 5.79 Å². The van der Waals surface area contributed by atoms with Crippen molar-refractivity contribution in [1.29, 1.82) is 0 Å². The lowest BCUT2D eigenvalue weighted by atomic mass is 9.97. The number of nitro benzene ring substituents is 1. The molecule has 3 rings (SSSR count). The average Bonchev–Trinajstić information content (AvgIpc) is 3.34. The van der Waals surface area contributed by atoms with Gasteiger partial charge in [0.1, 0.15) is 6.10 Å². The highest BCUT2D eigenvalue weighted by Crippen LogP contribution is 2.34. The highest BCUT2D eigenvalue weighted by Gasteiger charge is 2.47. The number of ether oxygens (including phenoxy) is 2. The second kappa shape index (κ2) is 19.1. The summed E-state index contributed by atoms with van der Waals surface area (Å²) in [5.74, 6) is -0.866. The molecule has 2 aromatic carbocycles. The molecule has 0 bridgehead atoms. The van der Waals surface area contributed by atoms with E-state index in [1.165, 1.54) is 88.5 Å². The van der Waals surface area contributed by atoms with Crippen LogP contribution in [0.3, 0.4) is 0 Å². The van der Waals surface area contributed by atoms with Crippen molar-refractivity contribution in [2.75, 3.05) is 6.54 Å². The zero-order chi connectivity index (χ0) is 35.2. The highest BCUT2D eigenvalue weighted by molar-refractivity contribution is 7.89. The molecule has 0 aliphatic carbocycles. The van der Waals surface area contributed by atoms with Gasteiger partial charge in [0.25, 0.3) is 5.69 Å². The van der Waals surface area contributed by atoms with Crippen molar-refractivity contribution in [2.24, 2.45) is 0 Å². The largest absolute Gasteiger partial charge is 0.345 e. The lowest BCUT2D eigenvalue weighted by Gasteiger charge is -2.40. The molecule has 0 radical (unpaired) electrons. The number of nitro groups is 1. The predicted octanol–water partition coefficient (Wildman–Crippen LogP) is 9.15. The van der Waals surface area contributed by atoms with Crippen LogP contribution in [0.2, 0.25) is 0 Å². The molecule has 1 N–H and O–H groups in total. The number of hydrogen-bond acceptors (Lipinski definition) is 7. The van der Waals surface area contributed by atoms with Crippen LogP contribution in [0.1, 0.15) is 131 Å². The standard InChI is InChI=1S/C38H61N3O6S/c1-7-8-9-10-11-12-13-14-15-16-17-21-24-35-36(47-38(5,6)46-35)34(30-40(37(2,3)4)29-31-22-19-18-20-23-31)39-48(44,45)33-27-25-32(26-28-33)41(42)43/h18-20,22-23,25-28,34-36,39H,7-17,21,24,29-30H2,1-6H3/t34-,35+,36-/m0/s1. The third-order valence-corrected chi connectivity index (χ3v) is 10.7. The average molecular weight is 688 g/mol. The van der Waals surface area contributed by atoms with E-state index >= 15 is 0 Å². The number of benzene rings is 2. The van der Waals surface area contributed by atoms with E-state index in [0.29, 0.717) is 13.1 Å². The van der Waals surface area contributed by atoms with Crippen LogP contribution in [0, 0.1) is 10.1 Å². The summed E-state index contributed by atoms with van der Waals surface area (Å²) in [6, 6.07) is 14.5. The van der Waals surface area contributed by atoms with Gasteiger partial charge in [0.05, 0.1) is 22.0 Å². The fourth-order valence-electron chi connectivity index (χ4n) is 6.45. The number of unbranched alkanes of at least 4 members (excludes halogenated alkanes) is 11. The van der Waals surface area contributed by atoms with Gasteiger partial charge in [-0.15, -0.1) is 0 Å². The third-order valence-electron chi connectivity index (χ3n) is 9.21. The number of non-ortho nitro benzene ring substituents is 1. The van der Waals surface area contributed by atoms with Crippen LogP contribution in [-0.4, -0.2) is 54.4 Å². The number of sulfonamides is 1. The van der Waals surface area contributed by atoms with E-state index in [9.17, 15) is 18.5 Å². The minimum absolute atomic E-state index is 0.0286. The van der Waals surface area contributed by atoms with E-state index in [0.717, 1.165) is 24.8 Å². The molecule has 1 heterocycles. The molecule has 48 heavy (non-hydrogen) atoms. The van der Waals surface area contributed by atoms with Crippen molar-refractivity contribution in [1.82, 2.24) is 9.62 Å². The zero-order valence-corrected chi connectivity index (χ0v) is 31.1. The van der Waals surface area contributed by atoms with Gasteiger partial charge in [-0.3, -0.25) is 15.0 Å². The Morgan fingerprint density at radius 1 is 0.854 bits per heavy atom. The molecule has 9 nitrogen and oxygen atoms in total. The molecule has 2 aromatic rings. The van der Waals surface area contributed by atoms with E-state index in [1.807, 2.05) is 32.0 Å². The number of nitrogens with zero attached hydrogens (tertiary/aromatic N) is 2. The Bertz CT molecular complexity index is 1330. The van der Waals surface area contributed by atoms with Gasteiger partial charge in [-0.05, 0) is 58.7 Å². The van der Waals surface area contributed by atoms with Gasteiger partial charge in [-0.2, -0.15) is 0 Å². The molecule has 1 aliphatic heterocycles. The predicted molar refractivity (Wildman–Crippen MR) is 193 cm³/mol. The number of rotatable bonds is 22. The zero-order valence-electron chi connectivity index (χ0n) is 30.3. The van der Waals surface area contributed by atoms with E-state index in [-0.39, 0.29) is 22.2 Å². The normalized spacial score (nSPS) is 18.7. The quantitative estimate of drug-likeness (QED) is 0.0747. The molecule has 3 atom stereocenters. The summed E-state index contributed by atoms with van der Waals surface area (Å²) < 4.78 is 43.5. The molecular formula is C38H61N3O6S. The van der Waals surface area contributed by atoms with Crippen molar-refractivity contribution in [3.63, 3.8) is 0 Å². The topological polar surface area (TPSA) is 111 Å². The maximum atomic E-state index is 13.8. The minimum atomic E-state index is -4.05. The van der Waals surface area contributed by atoms with Crippen LogP contribution in [0.15, 0.2) is 59.5 Å². The summed E-state index contributed by atoms with van der Waals surface area (Å²) in [5.41, 5.74) is 0.678. The smallest absolute Gasteiger partial charge is 0.269 e. The Morgan fingerprint density at radius 2 is 1.40 bits per heavy atom. The van der Waals surface area contributed by atoms with E-state index in [4.69, 9.17) is 9.47 Å². The molecule has 0 saturated carbocycles. The van der Waals surface area contributed by atoms with E-state index in [2.05, 4.69) is 49.4 Å². The Kier molecular flexibility index (Phi) is 16.0. The molecule has 1 fully saturated rings. The first-order valence-corrected chi connectivity index (χ1v) is 19.6. The molecule has 270 valence electrons. The summed E-state index contributed by atoms with van der Waals surface area (Å²) in [7, 11) is -4.05. The summed E-state index contributed by atoms with van der Waals surface area (Å²) in [6.07, 6.45) is 15.1. The fraction of sp³-hybridized carbons (Fsp3) is 0.684. The summed E-state index contributed by atoms with van der Waals surface area (Å²) in [5, 5.41) is 11.2. The second-order valence-electron chi connectivity index (χ2n) is 14.8. The lowest BCUT2D eigenvalue weighted by molar-refractivity contribution is -0.384. The molecule has 10 heteroatoms. The van der Waals surface area contributed by atoms with E-state index < -0.39 is 32.9 Å². The SMILES string of the molecule is CCCCCCCCCCCCCC[C@H]1OC(C)(C)O[C@H]1[C@H](CN(Cc1ccccc1)C(C)(C)C)NS(=O)(=O)c1ccc([N+](=O)[O-])cc1. The van der Waals surface area contributed by atoms with Crippen LogP contribution in [-0.2, 0) is 26.0 Å². The Morgan fingerprint density at radius 3 is 1.92 bits per heavy atom. The van der Waals surface area contributed by atoms with Crippen molar-refractivity contribution in [3.05, 3.63) is 70.3 Å². The van der Waals surface area contributed by atoms with Crippen molar-refractivity contribution in [2.45, 2.75) is 166 Å². The van der Waals surface area contributed by atoms with E-state index in [1.54, 1.807) is 0 Å². The van der Waals surface area contributed by atoms with Gasteiger partial charge in [-0.25, -0.2) is 13.1 Å². The van der Waals surface area contributed by atoms with Gasteiger partial charge in [0.2, 0.25) is 10.0 Å². The molecule has 0 aromatic heterocycles. The summed E-state index contributed by atoms with van der Waals surface area (Å²) >= 11 is 0. The highest BCUT2D eigenvalue weighted by atomic mass is 32.2. The summed E-state index contributed by atoms with van der Waals surface area (Å²) in [4.78, 5) is 12.9. The molecule has 1 aliphatic rings. The fourth-order valence-corrected chi connectivity index (χ4v) is 7.69. The Labute approximate surface area is 290 Å². The molecular weight excluding hydrogens is 627 g/mol. The monoisotopic (exact) mass is 687 g/mol. The van der Waals surface area contributed by atoms with Gasteiger partial charge < -0.3 is 9.47 Å². The first kappa shape index (κ1) is 40.1. The van der Waals surface area contributed by atoms with Gasteiger partial charge in [0, 0.05) is 30.8 Å². The summed E-state index contributed by atoms with van der Waals surface area (Å²) in [6.45, 7) is 13.4. The second-order valence-corrected chi connectivity index (χ2v) is 16.5. The third kappa shape index (κ3) is 13.5. The van der Waals surface area contributed by atoms with Crippen molar-refractivity contribution in [3.8, 4) is 0 Å². The first-order valence-electron chi connectivity index (χ1n) is 18.1. The molecule has 0 spiro atoms. The number of nitrogens with one attached hydrogen (secondary N) is 1. The molecule has 0 unspecified atom stereocenters. The maximum Gasteiger partial charge on any atom is 0.269 e. The minimum Gasteiger partial charge on any atom is -0.345 e. The maximum absolute atomic E-state index is 13.8. The van der Waals surface area contributed by atoms with Crippen LogP contribution >= 0.6 is 0 Å².